The Labute approximate surface area is 78.8 Å². The van der Waals surface area contributed by atoms with Crippen molar-refractivity contribution < 1.29 is 9.53 Å². The summed E-state index contributed by atoms with van der Waals surface area (Å²) in [6, 6.07) is 0.499. The summed E-state index contributed by atoms with van der Waals surface area (Å²) in [4.78, 5) is 11.2. The summed E-state index contributed by atoms with van der Waals surface area (Å²) in [7, 11) is 0. The number of carbonyl (C=O) groups is 1. The van der Waals surface area contributed by atoms with Crippen molar-refractivity contribution in [3.63, 3.8) is 0 Å². The Morgan fingerprint density at radius 2 is 2.31 bits per heavy atom. The first kappa shape index (κ1) is 10.5. The first-order valence-corrected chi connectivity index (χ1v) is 4.81. The number of carbonyl (C=O) groups excluding carboxylic acids is 1. The van der Waals surface area contributed by atoms with Crippen LogP contribution in [0.15, 0.2) is 0 Å². The van der Waals surface area contributed by atoms with E-state index in [1.165, 1.54) is 0 Å². The van der Waals surface area contributed by atoms with Crippen molar-refractivity contribution in [2.75, 3.05) is 6.61 Å². The molecule has 1 unspecified atom stereocenters. The zero-order valence-corrected chi connectivity index (χ0v) is 8.25. The molecular weight excluding hydrogens is 168 g/mol. The molecule has 3 N–H and O–H groups in total. The molecule has 1 rings (SSSR count). The van der Waals surface area contributed by atoms with Crippen LogP contribution in [0.1, 0.15) is 26.7 Å². The van der Waals surface area contributed by atoms with Crippen molar-refractivity contribution in [2.24, 2.45) is 5.73 Å². The number of rotatable bonds is 4. The highest BCUT2D eigenvalue weighted by Crippen LogP contribution is 2.17. The molecule has 0 spiro atoms. The largest absolute Gasteiger partial charge is 0.465 e. The van der Waals surface area contributed by atoms with E-state index in [1.807, 2.05) is 13.8 Å². The number of hydrogen-bond donors (Lipinski definition) is 2. The summed E-state index contributed by atoms with van der Waals surface area (Å²) < 4.78 is 4.87. The summed E-state index contributed by atoms with van der Waals surface area (Å²) in [5, 5.41) is 3.18. The molecular formula is C9H18N2O2. The van der Waals surface area contributed by atoms with E-state index in [1.54, 1.807) is 0 Å². The number of nitrogens with one attached hydrogen (secondary N) is 1. The molecule has 1 atom stereocenters. The van der Waals surface area contributed by atoms with Gasteiger partial charge in [0.1, 0.15) is 6.04 Å². The number of ether oxygens (including phenoxy) is 1. The predicted octanol–water partition coefficient (Wildman–Crippen LogP) is 0.0173. The van der Waals surface area contributed by atoms with Crippen LogP contribution in [0.4, 0.5) is 0 Å². The summed E-state index contributed by atoms with van der Waals surface area (Å²) in [5.41, 5.74) is 5.62. The third kappa shape index (κ3) is 2.97. The molecule has 1 fully saturated rings. The number of nitrogens with two attached hydrogens (primary N) is 1. The molecule has 0 aromatic carbocycles. The second-order valence-corrected chi connectivity index (χ2v) is 3.57. The Bertz CT molecular complexity index is 178. The van der Waals surface area contributed by atoms with E-state index in [9.17, 15) is 4.79 Å². The van der Waals surface area contributed by atoms with Crippen molar-refractivity contribution in [3.05, 3.63) is 0 Å². The van der Waals surface area contributed by atoms with Gasteiger partial charge in [0.2, 0.25) is 0 Å². The molecule has 0 aromatic heterocycles. The Kier molecular flexibility index (Phi) is 3.69. The SMILES string of the molecule is CCOC(=O)C(C)NC1CC(N)C1. The van der Waals surface area contributed by atoms with Crippen LogP contribution in [0.5, 0.6) is 0 Å². The molecule has 76 valence electrons. The van der Waals surface area contributed by atoms with E-state index in [0.717, 1.165) is 12.8 Å². The van der Waals surface area contributed by atoms with Crippen LogP contribution in [0.3, 0.4) is 0 Å². The van der Waals surface area contributed by atoms with Crippen LogP contribution in [0.2, 0.25) is 0 Å². The van der Waals surface area contributed by atoms with Crippen LogP contribution in [0, 0.1) is 0 Å². The van der Waals surface area contributed by atoms with E-state index in [2.05, 4.69) is 5.32 Å². The summed E-state index contributed by atoms with van der Waals surface area (Å²) in [6.45, 7) is 4.07. The molecule has 1 aliphatic rings. The minimum atomic E-state index is -0.211. The fourth-order valence-corrected chi connectivity index (χ4v) is 1.49. The molecule has 0 radical (unpaired) electrons. The minimum Gasteiger partial charge on any atom is -0.465 e. The predicted molar refractivity (Wildman–Crippen MR) is 50.2 cm³/mol. The van der Waals surface area contributed by atoms with Gasteiger partial charge in [-0.15, -0.1) is 0 Å². The highest BCUT2D eigenvalue weighted by atomic mass is 16.5. The van der Waals surface area contributed by atoms with Gasteiger partial charge in [0.15, 0.2) is 0 Å². The topological polar surface area (TPSA) is 64.3 Å². The van der Waals surface area contributed by atoms with Gasteiger partial charge in [-0.05, 0) is 26.7 Å². The lowest BCUT2D eigenvalue weighted by Gasteiger charge is -2.34. The van der Waals surface area contributed by atoms with Crippen molar-refractivity contribution in [2.45, 2.75) is 44.8 Å². The molecule has 0 heterocycles. The first-order valence-electron chi connectivity index (χ1n) is 4.81. The molecule has 0 saturated heterocycles. The van der Waals surface area contributed by atoms with Crippen molar-refractivity contribution >= 4 is 5.97 Å². The molecule has 0 amide bonds. The molecule has 0 aliphatic heterocycles. The number of hydrogen-bond acceptors (Lipinski definition) is 4. The molecule has 0 aromatic rings. The monoisotopic (exact) mass is 186 g/mol. The van der Waals surface area contributed by atoms with Crippen LogP contribution < -0.4 is 11.1 Å². The average Bonchev–Trinajstić information content (AvgIpc) is 2.02. The smallest absolute Gasteiger partial charge is 0.322 e. The van der Waals surface area contributed by atoms with Gasteiger partial charge < -0.3 is 15.8 Å². The van der Waals surface area contributed by atoms with E-state index in [-0.39, 0.29) is 12.0 Å². The lowest BCUT2D eigenvalue weighted by molar-refractivity contribution is -0.145. The fraction of sp³-hybridized carbons (Fsp3) is 0.889. The van der Waals surface area contributed by atoms with E-state index < -0.39 is 0 Å². The van der Waals surface area contributed by atoms with Crippen LogP contribution >= 0.6 is 0 Å². The Morgan fingerprint density at radius 3 is 2.77 bits per heavy atom. The zero-order valence-electron chi connectivity index (χ0n) is 8.25. The molecule has 1 aliphatic carbocycles. The van der Waals surface area contributed by atoms with Gasteiger partial charge >= 0.3 is 5.97 Å². The molecule has 4 nitrogen and oxygen atoms in total. The maximum atomic E-state index is 11.2. The maximum Gasteiger partial charge on any atom is 0.322 e. The van der Waals surface area contributed by atoms with Crippen LogP contribution in [0.25, 0.3) is 0 Å². The zero-order chi connectivity index (χ0) is 9.84. The summed E-state index contributed by atoms with van der Waals surface area (Å²) >= 11 is 0. The average molecular weight is 186 g/mol. The standard InChI is InChI=1S/C9H18N2O2/c1-3-13-9(12)6(2)11-8-4-7(10)5-8/h6-8,11H,3-5,10H2,1-2H3. The van der Waals surface area contributed by atoms with Gasteiger partial charge in [-0.3, -0.25) is 4.79 Å². The molecule has 13 heavy (non-hydrogen) atoms. The lowest BCUT2D eigenvalue weighted by atomic mass is 9.87. The Balaban J connectivity index is 2.17. The first-order chi connectivity index (χ1) is 6.13. The maximum absolute atomic E-state index is 11.2. The highest BCUT2D eigenvalue weighted by Gasteiger charge is 2.28. The highest BCUT2D eigenvalue weighted by molar-refractivity contribution is 5.75. The number of esters is 1. The van der Waals surface area contributed by atoms with Crippen LogP contribution in [-0.4, -0.2) is 30.7 Å². The van der Waals surface area contributed by atoms with Gasteiger partial charge in [0, 0.05) is 12.1 Å². The molecule has 1 saturated carbocycles. The Hall–Kier alpha value is -0.610. The third-order valence-corrected chi connectivity index (χ3v) is 2.30. The van der Waals surface area contributed by atoms with Gasteiger partial charge in [0.05, 0.1) is 6.61 Å². The lowest BCUT2D eigenvalue weighted by Crippen LogP contribution is -2.53. The van der Waals surface area contributed by atoms with E-state index in [4.69, 9.17) is 10.5 Å². The van der Waals surface area contributed by atoms with E-state index >= 15 is 0 Å². The van der Waals surface area contributed by atoms with Gasteiger partial charge in [-0.2, -0.15) is 0 Å². The van der Waals surface area contributed by atoms with Crippen molar-refractivity contribution in [1.29, 1.82) is 0 Å². The third-order valence-electron chi connectivity index (χ3n) is 2.30. The Morgan fingerprint density at radius 1 is 1.69 bits per heavy atom. The normalized spacial score (nSPS) is 29.2. The van der Waals surface area contributed by atoms with Crippen molar-refractivity contribution in [1.82, 2.24) is 5.32 Å². The quantitative estimate of drug-likeness (QED) is 0.607. The van der Waals surface area contributed by atoms with Gasteiger partial charge in [0.25, 0.3) is 0 Å². The summed E-state index contributed by atoms with van der Waals surface area (Å²) in [5.74, 6) is -0.178. The molecule has 4 heteroatoms. The van der Waals surface area contributed by atoms with Gasteiger partial charge in [-0.1, -0.05) is 0 Å². The van der Waals surface area contributed by atoms with Crippen LogP contribution in [-0.2, 0) is 9.53 Å². The second-order valence-electron chi connectivity index (χ2n) is 3.57. The minimum absolute atomic E-state index is 0.178. The summed E-state index contributed by atoms with van der Waals surface area (Å²) in [6.07, 6.45) is 1.92. The molecule has 0 bridgehead atoms. The van der Waals surface area contributed by atoms with E-state index in [0.29, 0.717) is 18.7 Å². The second kappa shape index (κ2) is 4.58. The van der Waals surface area contributed by atoms with Crippen molar-refractivity contribution in [3.8, 4) is 0 Å². The van der Waals surface area contributed by atoms with Gasteiger partial charge in [-0.25, -0.2) is 0 Å². The fourth-order valence-electron chi connectivity index (χ4n) is 1.49.